The van der Waals surface area contributed by atoms with Crippen LogP contribution in [0.25, 0.3) is 0 Å². The Balaban J connectivity index is 2.46. The maximum Gasteiger partial charge on any atom is 0.326 e. The molecule has 0 saturated carbocycles. The summed E-state index contributed by atoms with van der Waals surface area (Å²) in [5, 5.41) is 14.2. The van der Waals surface area contributed by atoms with Gasteiger partial charge >= 0.3 is 12.0 Å². The van der Waals surface area contributed by atoms with E-state index in [0.717, 1.165) is 0 Å². The topological polar surface area (TPSA) is 98.7 Å². The molecule has 1 fully saturated rings. The van der Waals surface area contributed by atoms with Crippen LogP contribution in [0.15, 0.2) is 0 Å². The Bertz CT molecular complexity index is 359. The van der Waals surface area contributed by atoms with Crippen molar-refractivity contribution in [3.05, 3.63) is 0 Å². The zero-order valence-corrected chi connectivity index (χ0v) is 11.3. The zero-order valence-electron chi connectivity index (χ0n) is 11.3. The number of aliphatic carboxylic acids is 1. The van der Waals surface area contributed by atoms with Crippen molar-refractivity contribution in [1.29, 1.82) is 0 Å². The number of urea groups is 1. The third kappa shape index (κ3) is 4.76. The molecule has 1 aliphatic rings. The summed E-state index contributed by atoms with van der Waals surface area (Å²) in [4.78, 5) is 35.3. The third-order valence-corrected chi connectivity index (χ3v) is 3.06. The first-order valence-corrected chi connectivity index (χ1v) is 6.49. The second-order valence-electron chi connectivity index (χ2n) is 4.76. The lowest BCUT2D eigenvalue weighted by atomic mass is 10.2. The number of amides is 3. The molecule has 108 valence electrons. The van der Waals surface area contributed by atoms with E-state index in [2.05, 4.69) is 10.6 Å². The van der Waals surface area contributed by atoms with Gasteiger partial charge in [-0.05, 0) is 12.8 Å². The maximum absolute atomic E-state index is 11.9. The minimum absolute atomic E-state index is 0.0438. The fraction of sp³-hybridized carbons (Fsp3) is 0.750. The summed E-state index contributed by atoms with van der Waals surface area (Å²) < 4.78 is 0. The molecule has 1 aliphatic heterocycles. The number of likely N-dealkylation sites (tertiary alicyclic amines) is 1. The Hall–Kier alpha value is -1.79. The highest BCUT2D eigenvalue weighted by molar-refractivity contribution is 5.82. The number of hydrogen-bond acceptors (Lipinski definition) is 3. The Morgan fingerprint density at radius 2 is 2.11 bits per heavy atom. The molecule has 0 aromatic rings. The van der Waals surface area contributed by atoms with Gasteiger partial charge in [-0.3, -0.25) is 4.79 Å². The summed E-state index contributed by atoms with van der Waals surface area (Å²) in [7, 11) is 0. The van der Waals surface area contributed by atoms with Gasteiger partial charge in [-0.15, -0.1) is 0 Å². The number of carbonyl (C=O) groups is 3. The summed E-state index contributed by atoms with van der Waals surface area (Å²) >= 11 is 0. The van der Waals surface area contributed by atoms with Crippen molar-refractivity contribution in [2.24, 2.45) is 0 Å². The molecule has 1 saturated heterocycles. The fourth-order valence-electron chi connectivity index (χ4n) is 2.14. The smallest absolute Gasteiger partial charge is 0.326 e. The van der Waals surface area contributed by atoms with E-state index in [9.17, 15) is 14.4 Å². The summed E-state index contributed by atoms with van der Waals surface area (Å²) in [6, 6.07) is -1.27. The van der Waals surface area contributed by atoms with E-state index in [1.54, 1.807) is 0 Å². The van der Waals surface area contributed by atoms with Crippen LogP contribution in [-0.4, -0.2) is 53.1 Å². The SMILES string of the molecule is CCC[C@H](NC(=O)N1CCC(NC(C)=O)C1)C(=O)O. The summed E-state index contributed by atoms with van der Waals surface area (Å²) in [5.74, 6) is -1.14. The lowest BCUT2D eigenvalue weighted by Gasteiger charge is -2.21. The van der Waals surface area contributed by atoms with Gasteiger partial charge in [0.15, 0.2) is 0 Å². The minimum Gasteiger partial charge on any atom is -0.480 e. The molecule has 1 unspecified atom stereocenters. The van der Waals surface area contributed by atoms with Crippen LogP contribution in [-0.2, 0) is 9.59 Å². The van der Waals surface area contributed by atoms with Crippen molar-refractivity contribution in [3.8, 4) is 0 Å². The predicted molar refractivity (Wildman–Crippen MR) is 68.7 cm³/mol. The van der Waals surface area contributed by atoms with Gasteiger partial charge in [0.1, 0.15) is 6.04 Å². The summed E-state index contributed by atoms with van der Waals surface area (Å²) in [6.45, 7) is 4.24. The van der Waals surface area contributed by atoms with Crippen molar-refractivity contribution in [2.45, 2.75) is 45.2 Å². The quantitative estimate of drug-likeness (QED) is 0.663. The van der Waals surface area contributed by atoms with Crippen LogP contribution in [0, 0.1) is 0 Å². The van der Waals surface area contributed by atoms with Gasteiger partial charge < -0.3 is 20.6 Å². The van der Waals surface area contributed by atoms with Crippen molar-refractivity contribution >= 4 is 17.9 Å². The highest BCUT2D eigenvalue weighted by Gasteiger charge is 2.29. The molecule has 3 N–H and O–H groups in total. The van der Waals surface area contributed by atoms with E-state index >= 15 is 0 Å². The van der Waals surface area contributed by atoms with E-state index in [0.29, 0.717) is 32.4 Å². The lowest BCUT2D eigenvalue weighted by Crippen LogP contribution is -2.48. The number of carbonyl (C=O) groups excluding carboxylic acids is 2. The third-order valence-electron chi connectivity index (χ3n) is 3.06. The standard InChI is InChI=1S/C12H21N3O4/c1-3-4-10(11(17)18)14-12(19)15-6-5-9(7-15)13-8(2)16/h9-10H,3-7H2,1-2H3,(H,13,16)(H,14,19)(H,17,18)/t9?,10-/m0/s1. The molecule has 7 heteroatoms. The number of carboxylic acid groups (broad SMARTS) is 1. The van der Waals surface area contributed by atoms with Gasteiger partial charge in [0.2, 0.25) is 5.91 Å². The molecule has 19 heavy (non-hydrogen) atoms. The lowest BCUT2D eigenvalue weighted by molar-refractivity contribution is -0.139. The molecule has 0 radical (unpaired) electrons. The van der Waals surface area contributed by atoms with Crippen LogP contribution in [0.2, 0.25) is 0 Å². The molecule has 0 aromatic heterocycles. The van der Waals surface area contributed by atoms with Crippen molar-refractivity contribution in [1.82, 2.24) is 15.5 Å². The summed E-state index contributed by atoms with van der Waals surface area (Å²) in [6.07, 6.45) is 1.79. The largest absolute Gasteiger partial charge is 0.480 e. The van der Waals surface area contributed by atoms with Crippen molar-refractivity contribution in [3.63, 3.8) is 0 Å². The van der Waals surface area contributed by atoms with Crippen LogP contribution in [0.4, 0.5) is 4.79 Å². The minimum atomic E-state index is -1.02. The monoisotopic (exact) mass is 271 g/mol. The first kappa shape index (κ1) is 15.3. The van der Waals surface area contributed by atoms with Gasteiger partial charge in [-0.2, -0.15) is 0 Å². The van der Waals surface area contributed by atoms with Gasteiger partial charge in [-0.25, -0.2) is 9.59 Å². The number of rotatable bonds is 5. The summed E-state index contributed by atoms with van der Waals surface area (Å²) in [5.41, 5.74) is 0. The van der Waals surface area contributed by atoms with Gasteiger partial charge in [0.25, 0.3) is 0 Å². The Morgan fingerprint density at radius 3 is 2.63 bits per heavy atom. The Morgan fingerprint density at radius 1 is 1.42 bits per heavy atom. The molecular weight excluding hydrogens is 250 g/mol. The average Bonchev–Trinajstić information content (AvgIpc) is 2.75. The van der Waals surface area contributed by atoms with E-state index in [1.165, 1.54) is 11.8 Å². The molecule has 0 spiro atoms. The first-order valence-electron chi connectivity index (χ1n) is 6.49. The molecule has 7 nitrogen and oxygen atoms in total. The number of nitrogens with one attached hydrogen (secondary N) is 2. The predicted octanol–water partition coefficient (Wildman–Crippen LogP) is 0.160. The van der Waals surface area contributed by atoms with E-state index in [4.69, 9.17) is 5.11 Å². The molecule has 0 aliphatic carbocycles. The van der Waals surface area contributed by atoms with E-state index < -0.39 is 12.0 Å². The molecular formula is C12H21N3O4. The van der Waals surface area contributed by atoms with Gasteiger partial charge in [0, 0.05) is 26.1 Å². The van der Waals surface area contributed by atoms with Crippen LogP contribution in [0.1, 0.15) is 33.1 Å². The molecule has 0 bridgehead atoms. The van der Waals surface area contributed by atoms with Crippen LogP contribution in [0.5, 0.6) is 0 Å². The average molecular weight is 271 g/mol. The molecule has 2 atom stereocenters. The zero-order chi connectivity index (χ0) is 14.4. The first-order chi connectivity index (χ1) is 8.93. The highest BCUT2D eigenvalue weighted by atomic mass is 16.4. The van der Waals surface area contributed by atoms with Crippen LogP contribution >= 0.6 is 0 Å². The molecule has 1 rings (SSSR count). The van der Waals surface area contributed by atoms with Crippen LogP contribution < -0.4 is 10.6 Å². The Labute approximate surface area is 112 Å². The normalized spacial score (nSPS) is 19.9. The van der Waals surface area contributed by atoms with Crippen molar-refractivity contribution < 1.29 is 19.5 Å². The number of carboxylic acids is 1. The van der Waals surface area contributed by atoms with E-state index in [1.807, 2.05) is 6.92 Å². The number of nitrogens with zero attached hydrogens (tertiary/aromatic N) is 1. The Kier molecular flexibility index (Phi) is 5.59. The molecule has 1 heterocycles. The molecule has 3 amide bonds. The van der Waals surface area contributed by atoms with Crippen molar-refractivity contribution in [2.75, 3.05) is 13.1 Å². The highest BCUT2D eigenvalue weighted by Crippen LogP contribution is 2.10. The molecule has 0 aromatic carbocycles. The van der Waals surface area contributed by atoms with E-state index in [-0.39, 0.29) is 18.0 Å². The second kappa shape index (κ2) is 6.96. The maximum atomic E-state index is 11.9. The number of hydrogen-bond donors (Lipinski definition) is 3. The van der Waals surface area contributed by atoms with Gasteiger partial charge in [0.05, 0.1) is 0 Å². The van der Waals surface area contributed by atoms with Gasteiger partial charge in [-0.1, -0.05) is 13.3 Å². The van der Waals surface area contributed by atoms with Crippen LogP contribution in [0.3, 0.4) is 0 Å². The second-order valence-corrected chi connectivity index (χ2v) is 4.76. The fourth-order valence-corrected chi connectivity index (χ4v) is 2.14.